The van der Waals surface area contributed by atoms with E-state index in [9.17, 15) is 0 Å². The van der Waals surface area contributed by atoms with Crippen molar-refractivity contribution in [2.75, 3.05) is 0 Å². The first kappa shape index (κ1) is 108. The summed E-state index contributed by atoms with van der Waals surface area (Å²) in [5.74, 6) is 0. The minimum Gasteiger partial charge on any atom is -0.449 e. The Morgan fingerprint density at radius 1 is 0.187 bits per heavy atom. The highest BCUT2D eigenvalue weighted by atomic mass is 16.3. The molecule has 0 amide bonds. The highest BCUT2D eigenvalue weighted by Crippen LogP contribution is 2.41. The van der Waals surface area contributed by atoms with Gasteiger partial charge in [-0.05, 0) is 216 Å². The predicted octanol–water partition coefficient (Wildman–Crippen LogP) is 35.3. The number of benzene rings is 15. The van der Waals surface area contributed by atoms with Crippen LogP contribution in [-0.4, -0.2) is 9.97 Å². The van der Waals surface area contributed by atoms with E-state index in [0.29, 0.717) is 0 Å². The van der Waals surface area contributed by atoms with Crippen LogP contribution in [0, 0.1) is 34.6 Å². The molecule has 0 unspecified atom stereocenters. The van der Waals surface area contributed by atoms with Crippen molar-refractivity contribution in [1.82, 2.24) is 9.97 Å². The summed E-state index contributed by atoms with van der Waals surface area (Å²) in [5, 5.41) is 22.4. The molecule has 15 aromatic carbocycles. The summed E-state index contributed by atoms with van der Waals surface area (Å²) in [6, 6.07) is 113. The molecule has 0 saturated heterocycles. The lowest BCUT2D eigenvalue weighted by atomic mass is 9.94. The molecule has 0 spiro atoms. The number of aryl methyl sites for hydroxylation is 10. The Balaban J connectivity index is 0.000000186. The van der Waals surface area contributed by atoms with Crippen molar-refractivity contribution in [3.05, 3.63) is 381 Å². The molecule has 23 aromatic rings. The number of nitrogens with zero attached hydrogens (tertiary/aromatic N) is 7. The van der Waals surface area contributed by atoms with E-state index in [1.165, 1.54) is 142 Å². The summed E-state index contributed by atoms with van der Waals surface area (Å²) in [6.45, 7) is 50.9. The number of para-hydroxylation sites is 3. The molecule has 0 saturated carbocycles. The Labute approximate surface area is 827 Å². The predicted molar refractivity (Wildman–Crippen MR) is 602 cm³/mol. The van der Waals surface area contributed by atoms with Crippen molar-refractivity contribution in [3.8, 4) is 56.3 Å². The second kappa shape index (κ2) is 53.0. The molecule has 10 nitrogen and oxygen atoms in total. The first-order valence-electron chi connectivity index (χ1n) is 50.5. The molecule has 0 fully saturated rings. The first-order chi connectivity index (χ1) is 68.2. The number of rotatable bonds is 5. The molecule has 0 aliphatic heterocycles. The first-order valence-corrected chi connectivity index (χ1v) is 50.5. The second-order valence-corrected chi connectivity index (χ2v) is 31.2. The molecule has 10 heteroatoms. The molecular formula is C129H148N7O3+5. The largest absolute Gasteiger partial charge is 0.449 e. The second-order valence-electron chi connectivity index (χ2n) is 31.2. The zero-order valence-corrected chi connectivity index (χ0v) is 88.3. The van der Waals surface area contributed by atoms with E-state index in [-0.39, 0.29) is 0 Å². The van der Waals surface area contributed by atoms with Crippen molar-refractivity contribution >= 4 is 141 Å². The Kier molecular flexibility index (Phi) is 41.1. The molecule has 139 heavy (non-hydrogen) atoms. The number of furan rings is 3. The van der Waals surface area contributed by atoms with Crippen molar-refractivity contribution in [2.45, 2.75) is 173 Å². The third kappa shape index (κ3) is 23.2. The molecular weight excluding hydrogens is 1700 g/mol. The van der Waals surface area contributed by atoms with Gasteiger partial charge in [-0.2, -0.15) is 4.57 Å². The summed E-state index contributed by atoms with van der Waals surface area (Å²) in [5.41, 5.74) is 25.5. The summed E-state index contributed by atoms with van der Waals surface area (Å²) >= 11 is 0. The van der Waals surface area contributed by atoms with Crippen LogP contribution in [0.2, 0.25) is 0 Å². The Hall–Kier alpha value is -14.9. The average Bonchev–Trinajstić information content (AvgIpc) is 1.50. The lowest BCUT2D eigenvalue weighted by Gasteiger charge is -2.11. The van der Waals surface area contributed by atoms with Crippen LogP contribution in [0.1, 0.15) is 166 Å². The average molecular weight is 1840 g/mol. The third-order valence-electron chi connectivity index (χ3n) is 23.8. The monoisotopic (exact) mass is 1840 g/mol. The Morgan fingerprint density at radius 2 is 0.446 bits per heavy atom. The van der Waals surface area contributed by atoms with Crippen molar-refractivity contribution in [2.24, 2.45) is 35.2 Å². The molecule has 0 atom stereocenters. The van der Waals surface area contributed by atoms with Crippen LogP contribution < -0.4 is 22.8 Å². The van der Waals surface area contributed by atoms with Gasteiger partial charge in [0.05, 0.1) is 46.8 Å². The van der Waals surface area contributed by atoms with Crippen molar-refractivity contribution in [1.29, 1.82) is 0 Å². The van der Waals surface area contributed by atoms with Gasteiger partial charge in [0.25, 0.3) is 18.3 Å². The van der Waals surface area contributed by atoms with Crippen molar-refractivity contribution in [3.63, 3.8) is 0 Å². The van der Waals surface area contributed by atoms with Gasteiger partial charge in [-0.3, -0.25) is 0 Å². The molecule has 23 rings (SSSR count). The summed E-state index contributed by atoms with van der Waals surface area (Å²) in [4.78, 5) is 9.17. The molecule has 0 aliphatic rings. The maximum Gasteiger partial charge on any atom is 0.287 e. The number of fused-ring (bicyclic) bond motifs is 16. The zero-order chi connectivity index (χ0) is 101. The van der Waals surface area contributed by atoms with E-state index in [1.807, 2.05) is 223 Å². The van der Waals surface area contributed by atoms with Gasteiger partial charge in [-0.25, -0.2) is 18.3 Å². The van der Waals surface area contributed by atoms with E-state index < -0.39 is 0 Å². The van der Waals surface area contributed by atoms with Crippen LogP contribution in [0.25, 0.3) is 198 Å². The highest BCUT2D eigenvalue weighted by molar-refractivity contribution is 6.11. The van der Waals surface area contributed by atoms with Crippen LogP contribution >= 0.6 is 0 Å². The summed E-state index contributed by atoms with van der Waals surface area (Å²) < 4.78 is 29.2. The third-order valence-corrected chi connectivity index (χ3v) is 23.8. The fourth-order valence-electron chi connectivity index (χ4n) is 17.6. The topological polar surface area (TPSA) is 84.6 Å². The van der Waals surface area contributed by atoms with Gasteiger partial charge in [0.2, 0.25) is 39.2 Å². The van der Waals surface area contributed by atoms with E-state index in [0.717, 1.165) is 83.2 Å². The van der Waals surface area contributed by atoms with Crippen LogP contribution in [0.15, 0.2) is 366 Å². The number of pyridine rings is 3. The van der Waals surface area contributed by atoms with Gasteiger partial charge in [0.15, 0.2) is 30.0 Å². The number of hydrogen-bond acceptors (Lipinski definition) is 5. The van der Waals surface area contributed by atoms with Gasteiger partial charge in [-0.1, -0.05) is 363 Å². The molecule has 0 radical (unpaired) electrons. The van der Waals surface area contributed by atoms with Gasteiger partial charge >= 0.3 is 0 Å². The Bertz CT molecular complexity index is 7770. The van der Waals surface area contributed by atoms with Crippen LogP contribution in [0.5, 0.6) is 0 Å². The fraction of sp³-hybridized carbons (Fsp3) is 0.233. The minimum absolute atomic E-state index is 0.838. The van der Waals surface area contributed by atoms with E-state index in [2.05, 4.69) is 371 Å². The van der Waals surface area contributed by atoms with Gasteiger partial charge in [-0.15, -0.1) is 0 Å². The quantitative estimate of drug-likeness (QED) is 0.127. The highest BCUT2D eigenvalue weighted by Gasteiger charge is 2.28. The molecule has 8 aromatic heterocycles. The molecule has 0 aliphatic carbocycles. The molecule has 0 bridgehead atoms. The van der Waals surface area contributed by atoms with Crippen molar-refractivity contribution < 1.29 is 36.1 Å². The normalized spacial score (nSPS) is 10.2. The molecule has 712 valence electrons. The number of hydrogen-bond donors (Lipinski definition) is 0. The van der Waals surface area contributed by atoms with Gasteiger partial charge in [0, 0.05) is 45.7 Å². The van der Waals surface area contributed by atoms with Crippen LogP contribution in [0.3, 0.4) is 0 Å². The molecule has 0 N–H and O–H groups in total. The summed E-state index contributed by atoms with van der Waals surface area (Å²) in [6.07, 6.45) is 10.2. The number of aromatic nitrogens is 7. The SMILES string of the molecule is CC.CC.CC.CC.CC.CC.CC.CC.CC.CC.Cc1c(-c2c3cc4ccccc4cc3cc[n+]2C)ccc2ccccc12.Cc1c(-c2c3oc4ccccc4c3cc[n+]2C)ccc2ccccc12.Cc1c(-c2c3oc4ccccc4c3nc[n+]2C)ccc2ccccc12.Cc1ccccc1-c1c2cc3ccccc3cc2cc[n+]1C.Cc1ccccc1-c1c2oc3ccccc3c2nc[n+]1C. The smallest absolute Gasteiger partial charge is 0.287 e. The van der Waals surface area contributed by atoms with E-state index in [1.54, 1.807) is 0 Å². The van der Waals surface area contributed by atoms with Crippen LogP contribution in [0.4, 0.5) is 0 Å². The van der Waals surface area contributed by atoms with E-state index >= 15 is 0 Å². The Morgan fingerprint density at radius 3 is 0.820 bits per heavy atom. The lowest BCUT2D eigenvalue weighted by Crippen LogP contribution is -2.31. The van der Waals surface area contributed by atoms with Crippen LogP contribution in [-0.2, 0) is 35.2 Å². The maximum atomic E-state index is 6.27. The lowest BCUT2D eigenvalue weighted by molar-refractivity contribution is -0.662. The summed E-state index contributed by atoms with van der Waals surface area (Å²) in [7, 11) is 10.4. The van der Waals surface area contributed by atoms with Gasteiger partial charge in [0.1, 0.15) is 37.9 Å². The maximum absolute atomic E-state index is 6.27. The van der Waals surface area contributed by atoms with E-state index in [4.69, 9.17) is 13.3 Å². The standard InChI is InChI=1S/C25H20N.C23H18NO.C22H17N2O.C21H18N.C18H15N2O.10C2H6/c1-17-22-10-6-5-7-18(22)11-12-23(17)25-24-16-20-9-4-3-8-19(20)15-21(24)13-14-26(25)2;1-15-17-8-4-3-7-16(17)11-12-18(15)22-23-20(13-14-24(22)2)19-9-5-6-10-21(19)25-23;1-14-16-8-4-3-7-15(16)11-12-17(14)21-22-20(23-13-24(21)2)18-9-5-6-10-19(18)25-22;1-15-7-3-6-10-19(15)21-20-14-17-9-5-4-8-16(17)13-18(20)11-12-22(21)2;1-12-7-3-4-8-13(12)17-18-16(19-11-20(17)2)14-9-5-6-10-15(14)21-18;10*1-2/h3-16H,1-2H3;3-14H,1-2H3;3-13H,1-2H3;3-14H,1-2H3;3-11H,1-2H3;10*1-2H3/q5*+1;;;;;;;;;;. The zero-order valence-electron chi connectivity index (χ0n) is 88.3. The fourth-order valence-corrected chi connectivity index (χ4v) is 17.6. The molecule has 8 heterocycles. The van der Waals surface area contributed by atoms with Gasteiger partial charge < -0.3 is 13.3 Å². The minimum atomic E-state index is 0.838.